The molecule has 0 aromatic heterocycles. The summed E-state index contributed by atoms with van der Waals surface area (Å²) in [5.41, 5.74) is 11.4. The van der Waals surface area contributed by atoms with Crippen LogP contribution in [0.1, 0.15) is 16.9 Å². The molecule has 1 rings (SSSR count). The van der Waals surface area contributed by atoms with Crippen LogP contribution >= 0.6 is 20.0 Å². The maximum Gasteiger partial charge on any atom is 0.346 e. The number of halogens is 1. The van der Waals surface area contributed by atoms with Crippen molar-refractivity contribution < 1.29 is 14.4 Å². The molecule has 7 N–H and O–H groups in total. The summed E-state index contributed by atoms with van der Waals surface area (Å²) in [4.78, 5) is 17.7. The van der Waals surface area contributed by atoms with E-state index in [2.05, 4.69) is 0 Å². The smallest absolute Gasteiger partial charge is 0.346 e. The summed E-state index contributed by atoms with van der Waals surface area (Å²) in [5.74, 6) is -1.44. The fourth-order valence-electron chi connectivity index (χ4n) is 1.05. The molecule has 6 nitrogen and oxygen atoms in total. The highest BCUT2D eigenvalue weighted by Gasteiger charge is 2.25. The molecule has 0 radical (unpaired) electrons. The van der Waals surface area contributed by atoms with Gasteiger partial charge in [0, 0.05) is 5.56 Å². The number of rotatable bonds is 3. The summed E-state index contributed by atoms with van der Waals surface area (Å²) in [6.45, 7) is 0. The van der Waals surface area contributed by atoms with Crippen molar-refractivity contribution in [2.24, 2.45) is 11.5 Å². The molecule has 0 heterocycles. The first-order valence-corrected chi connectivity index (χ1v) is 5.75. The molecule has 8 heteroatoms. The second-order valence-corrected chi connectivity index (χ2v) is 4.80. The fourth-order valence-corrected chi connectivity index (χ4v) is 1.61. The highest BCUT2D eigenvalue weighted by Crippen LogP contribution is 2.47. The van der Waals surface area contributed by atoms with E-state index in [9.17, 15) is 4.57 Å². The van der Waals surface area contributed by atoms with Crippen molar-refractivity contribution in [1.29, 1.82) is 5.41 Å². The Hall–Kier alpha value is -0.910. The van der Waals surface area contributed by atoms with Gasteiger partial charge < -0.3 is 21.3 Å². The van der Waals surface area contributed by atoms with Gasteiger partial charge in [0.05, 0.1) is 0 Å². The van der Waals surface area contributed by atoms with E-state index in [1.54, 1.807) is 0 Å². The van der Waals surface area contributed by atoms with Gasteiger partial charge in [0.2, 0.25) is 0 Å². The van der Waals surface area contributed by atoms with Crippen LogP contribution in [0.3, 0.4) is 0 Å². The summed E-state index contributed by atoms with van der Waals surface area (Å²) in [6.07, 6.45) is 0. The Morgan fingerprint density at radius 2 is 1.75 bits per heavy atom. The topological polar surface area (TPSA) is 133 Å². The van der Waals surface area contributed by atoms with Crippen LogP contribution in [0.2, 0.25) is 0 Å². The quantitative estimate of drug-likeness (QED) is 0.309. The molecule has 16 heavy (non-hydrogen) atoms. The van der Waals surface area contributed by atoms with Gasteiger partial charge in [0.1, 0.15) is 11.6 Å². The molecule has 0 saturated carbocycles. The van der Waals surface area contributed by atoms with Gasteiger partial charge in [0.15, 0.2) is 0 Å². The number of nitrogens with one attached hydrogen (secondary N) is 1. The molecule has 90 valence electrons. The normalized spacial score (nSPS) is 12.7. The van der Waals surface area contributed by atoms with Crippen molar-refractivity contribution in [3.8, 4) is 0 Å². The van der Waals surface area contributed by atoms with Gasteiger partial charge in [-0.25, -0.2) is 0 Å². The van der Waals surface area contributed by atoms with E-state index in [-0.39, 0.29) is 18.2 Å². The predicted octanol–water partition coefficient (Wildman–Crippen LogP) is 0.527. The minimum Gasteiger partial charge on any atom is -0.384 e. The number of benzene rings is 1. The maximum atomic E-state index is 10.9. The number of amidine groups is 1. The zero-order valence-corrected chi connectivity index (χ0v) is 9.91. The minimum atomic E-state index is -4.32. The van der Waals surface area contributed by atoms with Crippen molar-refractivity contribution in [3.63, 3.8) is 0 Å². The van der Waals surface area contributed by atoms with Crippen LogP contribution in [0, 0.1) is 5.41 Å². The lowest BCUT2D eigenvalue weighted by Gasteiger charge is -2.13. The van der Waals surface area contributed by atoms with Crippen molar-refractivity contribution in [1.82, 2.24) is 0 Å². The standard InChI is InChI=1S/C8H12N3O3P.ClH/c9-7(10)5-1-3-6(4-2-5)8(11)15(12,13)14;/h1-4,8H,11H2,(H3,9,10)(H2,12,13,14);1H. The van der Waals surface area contributed by atoms with Crippen LogP contribution in [0.15, 0.2) is 24.3 Å². The predicted molar refractivity (Wildman–Crippen MR) is 63.7 cm³/mol. The first-order valence-electron chi connectivity index (χ1n) is 4.07. The van der Waals surface area contributed by atoms with E-state index in [1.165, 1.54) is 24.3 Å². The molecule has 0 spiro atoms. The van der Waals surface area contributed by atoms with Crippen molar-refractivity contribution in [2.75, 3.05) is 0 Å². The van der Waals surface area contributed by atoms with E-state index in [0.717, 1.165) is 0 Å². The first-order chi connectivity index (χ1) is 6.82. The average molecular weight is 266 g/mol. The van der Waals surface area contributed by atoms with E-state index in [4.69, 9.17) is 26.7 Å². The molecule has 0 fully saturated rings. The molecule has 1 atom stereocenters. The highest BCUT2D eigenvalue weighted by molar-refractivity contribution is 7.52. The van der Waals surface area contributed by atoms with Gasteiger partial charge >= 0.3 is 7.60 Å². The molecule has 0 aliphatic heterocycles. The zero-order valence-electron chi connectivity index (χ0n) is 8.20. The van der Waals surface area contributed by atoms with E-state index in [0.29, 0.717) is 11.1 Å². The number of nitrogen functional groups attached to an aromatic ring is 1. The molecule has 0 saturated heterocycles. The van der Waals surface area contributed by atoms with Gasteiger partial charge in [-0.15, -0.1) is 12.4 Å². The Bertz CT molecular complexity index is 417. The number of hydrogen-bond acceptors (Lipinski definition) is 3. The number of nitrogens with two attached hydrogens (primary N) is 2. The third kappa shape index (κ3) is 3.59. The summed E-state index contributed by atoms with van der Waals surface area (Å²) in [6, 6.07) is 5.88. The van der Waals surface area contributed by atoms with E-state index < -0.39 is 13.4 Å². The van der Waals surface area contributed by atoms with Crippen LogP contribution in [-0.4, -0.2) is 15.6 Å². The molecule has 0 bridgehead atoms. The molecular formula is C8H13ClN3O3P. The summed E-state index contributed by atoms with van der Waals surface area (Å²) in [5, 5.41) is 7.13. The Morgan fingerprint density at radius 1 is 1.31 bits per heavy atom. The van der Waals surface area contributed by atoms with Gasteiger partial charge in [-0.3, -0.25) is 9.97 Å². The molecule has 0 aliphatic rings. The van der Waals surface area contributed by atoms with Gasteiger partial charge in [0.25, 0.3) is 0 Å². The molecule has 0 aliphatic carbocycles. The lowest BCUT2D eigenvalue weighted by molar-refractivity contribution is 0.359. The molecule has 1 unspecified atom stereocenters. The Morgan fingerprint density at radius 3 is 2.06 bits per heavy atom. The largest absolute Gasteiger partial charge is 0.384 e. The molecule has 0 amide bonds. The van der Waals surface area contributed by atoms with Crippen LogP contribution in [0.5, 0.6) is 0 Å². The van der Waals surface area contributed by atoms with Crippen LogP contribution in [0.4, 0.5) is 0 Å². The Labute approximate surface area is 98.7 Å². The maximum absolute atomic E-state index is 10.9. The van der Waals surface area contributed by atoms with Crippen molar-refractivity contribution in [3.05, 3.63) is 35.4 Å². The SMILES string of the molecule is Cl.N=C(N)c1ccc(C(N)P(=O)(O)O)cc1. The summed E-state index contributed by atoms with van der Waals surface area (Å²) >= 11 is 0. The van der Waals surface area contributed by atoms with Crippen LogP contribution < -0.4 is 11.5 Å². The Kier molecular flexibility index (Phi) is 5.12. The molecular weight excluding hydrogens is 253 g/mol. The van der Waals surface area contributed by atoms with Crippen LogP contribution in [-0.2, 0) is 4.57 Å². The molecule has 1 aromatic rings. The van der Waals surface area contributed by atoms with Gasteiger partial charge in [-0.2, -0.15) is 0 Å². The second kappa shape index (κ2) is 5.43. The van der Waals surface area contributed by atoms with Gasteiger partial charge in [-0.1, -0.05) is 24.3 Å². The second-order valence-electron chi connectivity index (χ2n) is 3.07. The van der Waals surface area contributed by atoms with Crippen molar-refractivity contribution >= 4 is 25.8 Å². The van der Waals surface area contributed by atoms with Crippen molar-refractivity contribution in [2.45, 2.75) is 5.78 Å². The van der Waals surface area contributed by atoms with Gasteiger partial charge in [-0.05, 0) is 5.56 Å². The average Bonchev–Trinajstić information content (AvgIpc) is 2.15. The highest BCUT2D eigenvalue weighted by atomic mass is 35.5. The lowest BCUT2D eigenvalue weighted by Crippen LogP contribution is -2.13. The summed E-state index contributed by atoms with van der Waals surface area (Å²) in [7, 11) is -4.32. The lowest BCUT2D eigenvalue weighted by atomic mass is 10.1. The monoisotopic (exact) mass is 265 g/mol. The third-order valence-corrected chi connectivity index (χ3v) is 2.95. The van der Waals surface area contributed by atoms with Crippen LogP contribution in [0.25, 0.3) is 0 Å². The fraction of sp³-hybridized carbons (Fsp3) is 0.125. The first kappa shape index (κ1) is 15.1. The molecule has 1 aromatic carbocycles. The minimum absolute atomic E-state index is 0. The van der Waals surface area contributed by atoms with E-state index in [1.807, 2.05) is 0 Å². The summed E-state index contributed by atoms with van der Waals surface area (Å²) < 4.78 is 10.9. The number of hydrogen-bond donors (Lipinski definition) is 5. The van der Waals surface area contributed by atoms with E-state index >= 15 is 0 Å². The zero-order chi connectivity index (χ0) is 11.6. The third-order valence-electron chi connectivity index (χ3n) is 1.93. The Balaban J connectivity index is 0.00000225.